The van der Waals surface area contributed by atoms with Gasteiger partial charge in [-0.3, -0.25) is 14.4 Å². The third kappa shape index (κ3) is 2.59. The van der Waals surface area contributed by atoms with Gasteiger partial charge in [-0.1, -0.05) is 41.9 Å². The molecule has 6 heteroatoms. The number of aromatic nitrogens is 1. The molecular weight excluding hydrogens is 388 g/mol. The summed E-state index contributed by atoms with van der Waals surface area (Å²) in [6.45, 7) is 0. The Balaban J connectivity index is 1.73. The molecule has 4 aromatic rings. The number of carbonyl (C=O) groups is 3. The summed E-state index contributed by atoms with van der Waals surface area (Å²) in [5.74, 6) is -1.07. The van der Waals surface area contributed by atoms with Gasteiger partial charge in [-0.15, -0.1) is 0 Å². The first-order chi connectivity index (χ1) is 14.1. The molecule has 2 heterocycles. The number of nitrogens with zero attached hydrogens (tertiary/aromatic N) is 1. The van der Waals surface area contributed by atoms with Crippen LogP contribution in [0.2, 0.25) is 5.02 Å². The van der Waals surface area contributed by atoms with E-state index in [1.807, 2.05) is 0 Å². The fourth-order valence-corrected chi connectivity index (χ4v) is 3.88. The Labute approximate surface area is 170 Å². The molecule has 0 fully saturated rings. The summed E-state index contributed by atoms with van der Waals surface area (Å²) in [6, 6.07) is 18.6. The number of pyridine rings is 1. The van der Waals surface area contributed by atoms with Crippen LogP contribution in [0.3, 0.4) is 0 Å². The van der Waals surface area contributed by atoms with Gasteiger partial charge in [0.2, 0.25) is 5.78 Å². The highest BCUT2D eigenvalue weighted by Gasteiger charge is 2.37. The van der Waals surface area contributed by atoms with Gasteiger partial charge in [-0.25, -0.2) is 0 Å². The Morgan fingerprint density at radius 2 is 1.48 bits per heavy atom. The zero-order valence-electron chi connectivity index (χ0n) is 15.0. The number of amides is 1. The van der Waals surface area contributed by atoms with Crippen molar-refractivity contribution in [2.24, 2.45) is 0 Å². The Kier molecular flexibility index (Phi) is 3.86. The van der Waals surface area contributed by atoms with E-state index >= 15 is 0 Å². The third-order valence-corrected chi connectivity index (χ3v) is 5.28. The predicted molar refractivity (Wildman–Crippen MR) is 110 cm³/mol. The Morgan fingerprint density at radius 1 is 0.828 bits per heavy atom. The van der Waals surface area contributed by atoms with Crippen molar-refractivity contribution < 1.29 is 14.4 Å². The van der Waals surface area contributed by atoms with Crippen LogP contribution in [0.25, 0.3) is 5.52 Å². The second-order valence-electron chi connectivity index (χ2n) is 6.72. The molecule has 1 aliphatic carbocycles. The lowest BCUT2D eigenvalue weighted by Gasteiger charge is -2.15. The average molecular weight is 401 g/mol. The van der Waals surface area contributed by atoms with E-state index in [2.05, 4.69) is 5.32 Å². The summed E-state index contributed by atoms with van der Waals surface area (Å²) in [7, 11) is 0. The highest BCUT2D eigenvalue weighted by Crippen LogP contribution is 2.34. The fourth-order valence-electron chi connectivity index (χ4n) is 3.75. The van der Waals surface area contributed by atoms with E-state index in [0.29, 0.717) is 27.4 Å². The van der Waals surface area contributed by atoms with Crippen LogP contribution < -0.4 is 5.32 Å². The van der Waals surface area contributed by atoms with Gasteiger partial charge >= 0.3 is 0 Å². The molecular formula is C23H13ClN2O3. The van der Waals surface area contributed by atoms with Gasteiger partial charge in [0.15, 0.2) is 5.78 Å². The zero-order valence-corrected chi connectivity index (χ0v) is 15.7. The van der Waals surface area contributed by atoms with Crippen molar-refractivity contribution in [1.29, 1.82) is 0 Å². The molecule has 0 unspecified atom stereocenters. The van der Waals surface area contributed by atoms with E-state index in [1.165, 1.54) is 0 Å². The maximum atomic E-state index is 13.3. The van der Waals surface area contributed by atoms with Gasteiger partial charge in [0, 0.05) is 28.0 Å². The monoisotopic (exact) mass is 400 g/mol. The number of hydrogen-bond donors (Lipinski definition) is 1. The van der Waals surface area contributed by atoms with Crippen LogP contribution in [-0.4, -0.2) is 21.9 Å². The average Bonchev–Trinajstić information content (AvgIpc) is 3.09. The predicted octanol–water partition coefficient (Wildman–Crippen LogP) is 4.62. The molecule has 1 N–H and O–H groups in total. The first-order valence-electron chi connectivity index (χ1n) is 8.94. The summed E-state index contributed by atoms with van der Waals surface area (Å²) < 4.78 is 1.61. The number of nitrogens with one attached hydrogen (secondary N) is 1. The molecule has 0 saturated heterocycles. The highest BCUT2D eigenvalue weighted by molar-refractivity contribution is 6.33. The fraction of sp³-hybridized carbons (Fsp3) is 0. The molecule has 5 nitrogen and oxygen atoms in total. The molecule has 0 radical (unpaired) electrons. The molecule has 0 saturated carbocycles. The van der Waals surface area contributed by atoms with Crippen molar-refractivity contribution in [2.45, 2.75) is 0 Å². The number of anilines is 1. The minimum atomic E-state index is -0.460. The minimum absolute atomic E-state index is 0.131. The van der Waals surface area contributed by atoms with Gasteiger partial charge < -0.3 is 9.72 Å². The minimum Gasteiger partial charge on any atom is -0.322 e. The van der Waals surface area contributed by atoms with E-state index in [1.54, 1.807) is 77.3 Å². The van der Waals surface area contributed by atoms with Gasteiger partial charge in [-0.05, 0) is 36.4 Å². The normalized spacial score (nSPS) is 12.6. The van der Waals surface area contributed by atoms with Crippen LogP contribution in [0.5, 0.6) is 0 Å². The van der Waals surface area contributed by atoms with E-state index in [9.17, 15) is 14.4 Å². The van der Waals surface area contributed by atoms with E-state index in [0.717, 1.165) is 0 Å². The standard InChI is InChI=1S/C23H13ClN2O3/c24-13-8-10-14(11-9-13)25-23(29)18-17-7-3-4-12-26(17)20-19(18)21(27)15-5-1-2-6-16(15)22(20)28/h1-12H,(H,25,29). The second kappa shape index (κ2) is 6.43. The van der Waals surface area contributed by atoms with Crippen molar-refractivity contribution in [3.8, 4) is 0 Å². The Hall–Kier alpha value is -3.70. The van der Waals surface area contributed by atoms with E-state index in [4.69, 9.17) is 11.6 Å². The number of benzene rings is 2. The zero-order chi connectivity index (χ0) is 20.1. The summed E-state index contributed by atoms with van der Waals surface area (Å²) in [4.78, 5) is 39.7. The number of fused-ring (bicyclic) bond motifs is 4. The van der Waals surface area contributed by atoms with Crippen molar-refractivity contribution >= 4 is 40.3 Å². The maximum absolute atomic E-state index is 13.3. The molecule has 1 aliphatic rings. The molecule has 0 spiro atoms. The van der Waals surface area contributed by atoms with Gasteiger partial charge in [0.25, 0.3) is 5.91 Å². The van der Waals surface area contributed by atoms with Crippen molar-refractivity contribution in [3.63, 3.8) is 0 Å². The van der Waals surface area contributed by atoms with E-state index in [-0.39, 0.29) is 28.4 Å². The van der Waals surface area contributed by atoms with Crippen LogP contribution in [0.1, 0.15) is 42.3 Å². The summed E-state index contributed by atoms with van der Waals surface area (Å²) >= 11 is 5.91. The lowest BCUT2D eigenvalue weighted by atomic mass is 9.86. The number of halogens is 1. The molecule has 140 valence electrons. The first-order valence-corrected chi connectivity index (χ1v) is 9.32. The van der Waals surface area contributed by atoms with Gasteiger partial charge in [0.1, 0.15) is 5.69 Å². The Morgan fingerprint density at radius 3 is 2.21 bits per heavy atom. The molecule has 0 atom stereocenters. The SMILES string of the molecule is O=C1c2ccccc2C(=O)c2c1c(C(=O)Nc1ccc(Cl)cc1)c1ccccn21. The molecule has 2 aromatic heterocycles. The smallest absolute Gasteiger partial charge is 0.258 e. The first kappa shape index (κ1) is 17.4. The van der Waals surface area contributed by atoms with E-state index < -0.39 is 5.91 Å². The van der Waals surface area contributed by atoms with Crippen molar-refractivity contribution in [3.05, 3.63) is 106 Å². The quantitative estimate of drug-likeness (QED) is 0.470. The lowest BCUT2D eigenvalue weighted by Crippen LogP contribution is -2.23. The molecule has 0 bridgehead atoms. The van der Waals surface area contributed by atoms with Crippen LogP contribution >= 0.6 is 11.6 Å². The van der Waals surface area contributed by atoms with Crippen LogP contribution in [0.4, 0.5) is 5.69 Å². The molecule has 5 rings (SSSR count). The number of hydrogen-bond acceptors (Lipinski definition) is 3. The van der Waals surface area contributed by atoms with Crippen molar-refractivity contribution in [1.82, 2.24) is 4.40 Å². The number of ketones is 2. The second-order valence-corrected chi connectivity index (χ2v) is 7.16. The molecule has 2 aromatic carbocycles. The van der Waals surface area contributed by atoms with Gasteiger partial charge in [-0.2, -0.15) is 0 Å². The maximum Gasteiger partial charge on any atom is 0.258 e. The number of carbonyl (C=O) groups excluding carboxylic acids is 3. The van der Waals surface area contributed by atoms with Crippen molar-refractivity contribution in [2.75, 3.05) is 5.32 Å². The molecule has 29 heavy (non-hydrogen) atoms. The van der Waals surface area contributed by atoms with Crippen LogP contribution in [-0.2, 0) is 0 Å². The van der Waals surface area contributed by atoms with Crippen LogP contribution in [0, 0.1) is 0 Å². The largest absolute Gasteiger partial charge is 0.322 e. The summed E-state index contributed by atoms with van der Waals surface area (Å²) in [6.07, 6.45) is 1.69. The molecule has 0 aliphatic heterocycles. The highest BCUT2D eigenvalue weighted by atomic mass is 35.5. The topological polar surface area (TPSA) is 67.7 Å². The molecule has 1 amide bonds. The summed E-state index contributed by atoms with van der Waals surface area (Å²) in [5.41, 5.74) is 2.22. The lowest BCUT2D eigenvalue weighted by molar-refractivity contribution is 0.0969. The Bertz CT molecular complexity index is 1340. The van der Waals surface area contributed by atoms with Crippen LogP contribution in [0.15, 0.2) is 72.9 Å². The summed E-state index contributed by atoms with van der Waals surface area (Å²) in [5, 5.41) is 3.35. The van der Waals surface area contributed by atoms with Gasteiger partial charge in [0.05, 0.1) is 16.6 Å². The number of rotatable bonds is 2. The third-order valence-electron chi connectivity index (χ3n) is 5.03.